The highest BCUT2D eigenvalue weighted by molar-refractivity contribution is 7.80. The predicted molar refractivity (Wildman–Crippen MR) is 222 cm³/mol. The fourth-order valence-electron chi connectivity index (χ4n) is 6.91. The van der Waals surface area contributed by atoms with Gasteiger partial charge >= 0.3 is 36.0 Å². The summed E-state index contributed by atoms with van der Waals surface area (Å²) in [6.07, 6.45) is -12.6. The number of piperazine rings is 2. The van der Waals surface area contributed by atoms with Crippen molar-refractivity contribution in [2.45, 2.75) is 37.7 Å². The molecule has 2 atom stereocenters. The second-order valence-electron chi connectivity index (χ2n) is 14.8. The summed E-state index contributed by atoms with van der Waals surface area (Å²) < 4.78 is 163. The molecule has 4 saturated heterocycles. The van der Waals surface area contributed by atoms with Gasteiger partial charge in [0.2, 0.25) is 0 Å². The van der Waals surface area contributed by atoms with Crippen molar-refractivity contribution in [2.24, 2.45) is 0 Å². The van der Waals surface area contributed by atoms with Crippen molar-refractivity contribution in [1.29, 1.82) is 0 Å². The van der Waals surface area contributed by atoms with E-state index in [9.17, 15) is 72.3 Å². The number of amides is 3. The summed E-state index contributed by atoms with van der Waals surface area (Å²) in [6, 6.07) is 3.80. The van der Waals surface area contributed by atoms with Gasteiger partial charge in [0, 0.05) is 83.5 Å². The summed E-state index contributed by atoms with van der Waals surface area (Å²) in [4.78, 5) is 61.8. The molecule has 4 heterocycles. The molecule has 0 aromatic heterocycles. The smallest absolute Gasteiger partial charge is 0.456 e. The number of rotatable bonds is 13. The van der Waals surface area contributed by atoms with Crippen molar-refractivity contribution < 1.29 is 86.5 Å². The number of ether oxygens (including phenoxy) is 3. The van der Waals surface area contributed by atoms with Crippen LogP contribution in [-0.2, 0) is 28.6 Å². The van der Waals surface area contributed by atoms with Crippen LogP contribution in [-0.4, -0.2) is 161 Å². The Labute approximate surface area is 383 Å². The van der Waals surface area contributed by atoms with Crippen molar-refractivity contribution >= 4 is 87.0 Å². The Bertz CT molecular complexity index is 2190. The quantitative estimate of drug-likeness (QED) is 0.114. The number of Topliss-reactive ketones (excluding diaryl/α,β-unsaturated/α-hetero) is 1. The molecule has 2 aromatic rings. The predicted octanol–water partition coefficient (Wildman–Crippen LogP) is 4.07. The van der Waals surface area contributed by atoms with Crippen molar-refractivity contribution in [2.75, 3.05) is 105 Å². The zero-order valence-corrected chi connectivity index (χ0v) is 36.3. The molecular formula is C38H39F11N8O8S2. The van der Waals surface area contributed by atoms with Crippen molar-refractivity contribution in [3.8, 4) is 0 Å². The molecule has 2 aromatic carbocycles. The van der Waals surface area contributed by atoms with Crippen LogP contribution < -0.4 is 35.6 Å². The molecule has 4 fully saturated rings. The maximum Gasteiger partial charge on any atom is 0.456 e. The van der Waals surface area contributed by atoms with Gasteiger partial charge in [-0.2, -0.15) is 22.0 Å². The first-order valence-corrected chi connectivity index (χ1v) is 20.6. The molecule has 4 aliphatic rings. The molecule has 0 aliphatic carbocycles. The van der Waals surface area contributed by atoms with Gasteiger partial charge in [0.1, 0.15) is 28.6 Å². The third-order valence-corrected chi connectivity index (χ3v) is 10.9. The van der Waals surface area contributed by atoms with Gasteiger partial charge in [-0.3, -0.25) is 24.2 Å². The second kappa shape index (κ2) is 21.9. The van der Waals surface area contributed by atoms with Crippen LogP contribution >= 0.6 is 24.4 Å². The lowest BCUT2D eigenvalue weighted by atomic mass is 10.2. The fraction of sp³-hybridized carbons (Fsp3) is 0.500. The van der Waals surface area contributed by atoms with E-state index in [0.717, 1.165) is 34.1 Å². The number of nitrogens with one attached hydrogen (secondary N) is 3. The van der Waals surface area contributed by atoms with Gasteiger partial charge in [0.15, 0.2) is 34.9 Å². The van der Waals surface area contributed by atoms with E-state index in [1.165, 1.54) is 21.6 Å². The van der Waals surface area contributed by atoms with E-state index in [4.69, 9.17) is 9.47 Å². The van der Waals surface area contributed by atoms with E-state index in [0.29, 0.717) is 26.2 Å². The molecule has 16 nitrogen and oxygen atoms in total. The molecule has 0 unspecified atom stereocenters. The Kier molecular flexibility index (Phi) is 17.0. The summed E-state index contributed by atoms with van der Waals surface area (Å²) in [7, 11) is 0. The van der Waals surface area contributed by atoms with Crippen LogP contribution in [0.5, 0.6) is 0 Å². The molecule has 6 rings (SSSR count). The Morgan fingerprint density at radius 2 is 1.18 bits per heavy atom. The molecule has 0 spiro atoms. The first-order chi connectivity index (χ1) is 31.4. The molecule has 4 aliphatic heterocycles. The number of cyclic esters (lactones) is 2. The lowest BCUT2D eigenvalue weighted by Gasteiger charge is -2.36. The molecule has 0 radical (unpaired) electrons. The van der Waals surface area contributed by atoms with E-state index >= 15 is 0 Å². The minimum absolute atomic E-state index is 0.0853. The number of halogens is 11. The van der Waals surface area contributed by atoms with Gasteiger partial charge in [-0.15, -0.1) is 0 Å². The summed E-state index contributed by atoms with van der Waals surface area (Å²) >= 11 is 8.65. The summed E-state index contributed by atoms with van der Waals surface area (Å²) in [5.41, 5.74) is -0.841. The fourth-order valence-corrected chi connectivity index (χ4v) is 7.17. The molecule has 368 valence electrons. The van der Waals surface area contributed by atoms with Crippen LogP contribution in [0, 0.1) is 23.3 Å². The third-order valence-electron chi connectivity index (χ3n) is 10.2. The molecule has 67 heavy (non-hydrogen) atoms. The van der Waals surface area contributed by atoms with Crippen LogP contribution in [0.3, 0.4) is 0 Å². The number of thiocarbonyl (C=S) groups is 2. The highest BCUT2D eigenvalue weighted by atomic mass is 32.1. The van der Waals surface area contributed by atoms with E-state index in [1.54, 1.807) is 5.32 Å². The molecule has 3 N–H and O–H groups in total. The molecule has 3 amide bonds. The van der Waals surface area contributed by atoms with E-state index in [-0.39, 0.29) is 68.6 Å². The van der Waals surface area contributed by atoms with Crippen molar-refractivity contribution in [3.05, 3.63) is 47.5 Å². The van der Waals surface area contributed by atoms with Crippen molar-refractivity contribution in [1.82, 2.24) is 20.9 Å². The highest BCUT2D eigenvalue weighted by Crippen LogP contribution is 2.34. The number of benzene rings is 2. The topological polar surface area (TPSA) is 165 Å². The van der Waals surface area contributed by atoms with Crippen molar-refractivity contribution in [3.63, 3.8) is 0 Å². The standard InChI is InChI=1S/C20H22F4N4O5S.C18H17F7N4O3S/c1-11(29)32-10-16(30)26-2-4-27(5-3-26)17-14(21)6-12(7-15(17)22)28-9-13(33-20(28)31)8-25-19(34)18(23)24;19-11-5-9(6-12(20)13(11)28-3-1-26-2-4-28)29-8-10(32-16(29)31)7-27-15(33)17(21,22)14(30)18(23,24)25/h6-7,13,18H,2-5,8-10H2,1H3,(H,25,34);5-6,10,26H,1-4,7-8H2,(H,27,33)/t13-;10-/m00/s1. The molecule has 0 saturated carbocycles. The number of alkyl halides is 7. The number of hydrogen-bond acceptors (Lipinski definition) is 13. The Morgan fingerprint density at radius 1 is 0.746 bits per heavy atom. The average molecular weight is 1010 g/mol. The van der Waals surface area contributed by atoms with Crippen LogP contribution in [0.2, 0.25) is 0 Å². The highest BCUT2D eigenvalue weighted by Gasteiger charge is 2.57. The van der Waals surface area contributed by atoms with Crippen LogP contribution in [0.1, 0.15) is 6.92 Å². The molecular weight excluding hydrogens is 970 g/mol. The van der Waals surface area contributed by atoms with Gasteiger partial charge < -0.3 is 44.9 Å². The Morgan fingerprint density at radius 3 is 1.60 bits per heavy atom. The number of hydrogen-bond donors (Lipinski definition) is 3. The first-order valence-electron chi connectivity index (χ1n) is 19.8. The normalized spacial score (nSPS) is 18.9. The number of anilines is 4. The number of ketones is 1. The maximum absolute atomic E-state index is 14.9. The summed E-state index contributed by atoms with van der Waals surface area (Å²) in [5.74, 6) is -13.0. The van der Waals surface area contributed by atoms with Gasteiger partial charge in [-0.25, -0.2) is 35.9 Å². The summed E-state index contributed by atoms with van der Waals surface area (Å²) in [6.45, 7) is 1.91. The first kappa shape index (κ1) is 52.1. The number of carbonyl (C=O) groups is 5. The van der Waals surface area contributed by atoms with Gasteiger partial charge in [-0.1, -0.05) is 24.4 Å². The largest absolute Gasteiger partial charge is 0.456 e. The van der Waals surface area contributed by atoms with Gasteiger partial charge in [0.25, 0.3) is 12.3 Å². The van der Waals surface area contributed by atoms with E-state index in [2.05, 4.69) is 39.8 Å². The zero-order valence-electron chi connectivity index (χ0n) is 34.7. The van der Waals surface area contributed by atoms with Gasteiger partial charge in [-0.05, 0) is 0 Å². The van der Waals surface area contributed by atoms with E-state index < -0.39 is 107 Å². The SMILES string of the molecule is CC(=O)OCC(=O)N1CCN(c2c(F)cc(N3C[C@H](CNC(=S)C(F)F)OC3=O)cc2F)CC1.O=C1O[C@@H](CNC(=S)C(F)(F)C(=O)C(F)(F)F)CN1c1cc(F)c(N2CCNCC2)c(F)c1. The number of carbonyl (C=O) groups excluding carboxylic acids is 5. The van der Waals surface area contributed by atoms with Gasteiger partial charge in [0.05, 0.1) is 37.6 Å². The minimum atomic E-state index is -5.81. The number of esters is 1. The summed E-state index contributed by atoms with van der Waals surface area (Å²) in [5, 5.41) is 7.11. The minimum Gasteiger partial charge on any atom is -0.456 e. The Balaban J connectivity index is 0.000000251. The molecule has 29 heteroatoms. The maximum atomic E-state index is 14.9. The van der Waals surface area contributed by atoms with Crippen LogP contribution in [0.4, 0.5) is 80.6 Å². The second-order valence-corrected chi connectivity index (χ2v) is 15.6. The van der Waals surface area contributed by atoms with Crippen LogP contribution in [0.15, 0.2) is 24.3 Å². The molecule has 0 bridgehead atoms. The lowest BCUT2D eigenvalue weighted by molar-refractivity contribution is -0.187. The Hall–Kier alpha value is -5.84. The number of nitrogens with zero attached hydrogens (tertiary/aromatic N) is 5. The third kappa shape index (κ3) is 13.0. The van der Waals surface area contributed by atoms with E-state index in [1.807, 2.05) is 0 Å². The van der Waals surface area contributed by atoms with Crippen LogP contribution in [0.25, 0.3) is 0 Å². The average Bonchev–Trinajstić information content (AvgIpc) is 3.84. The lowest BCUT2D eigenvalue weighted by Crippen LogP contribution is -2.51. The zero-order chi connectivity index (χ0) is 49.5. The monoisotopic (exact) mass is 1010 g/mol.